The molecule has 164 valence electrons. The maximum atomic E-state index is 12.9. The number of fused-ring (bicyclic) bond motifs is 1. The first-order valence-corrected chi connectivity index (χ1v) is 12.5. The van der Waals surface area contributed by atoms with E-state index >= 15 is 0 Å². The van der Waals surface area contributed by atoms with Crippen LogP contribution in [0.3, 0.4) is 0 Å². The van der Waals surface area contributed by atoms with Crippen molar-refractivity contribution < 1.29 is 13.2 Å². The number of rotatable bonds is 6. The fraction of sp³-hybridized carbons (Fsp3) is 0.417. The van der Waals surface area contributed by atoms with Gasteiger partial charge in [0.15, 0.2) is 0 Å². The van der Waals surface area contributed by atoms with Crippen LogP contribution in [-0.4, -0.2) is 30.8 Å². The molecular formula is C24H29N3O3S. The first kappa shape index (κ1) is 21.7. The van der Waals surface area contributed by atoms with Crippen molar-refractivity contribution in [1.29, 1.82) is 0 Å². The van der Waals surface area contributed by atoms with Crippen molar-refractivity contribution in [3.05, 3.63) is 76.6 Å². The van der Waals surface area contributed by atoms with E-state index in [1.165, 1.54) is 0 Å². The molecule has 1 aromatic carbocycles. The highest BCUT2D eigenvalue weighted by molar-refractivity contribution is 7.88. The molecule has 0 spiro atoms. The van der Waals surface area contributed by atoms with Crippen molar-refractivity contribution in [2.24, 2.45) is 5.92 Å². The molecule has 4 rings (SSSR count). The number of hydrogen-bond donors (Lipinski definition) is 1. The predicted octanol–water partition coefficient (Wildman–Crippen LogP) is 3.25. The summed E-state index contributed by atoms with van der Waals surface area (Å²) >= 11 is 0. The van der Waals surface area contributed by atoms with Crippen molar-refractivity contribution in [3.8, 4) is 0 Å². The standard InChI is InChI=1S/C24H29N3O3S/c1-18-23(15-26-31(29,30)17-19-8-4-2-5-9-19)22-12-13-27(16-21(22)14-25-18)24(28)20-10-6-3-7-11-20/h2-6,8-9,14,20,26H,7,10-13,15-17H2,1H3/t20-/m0/s1. The van der Waals surface area contributed by atoms with Gasteiger partial charge in [-0.1, -0.05) is 42.5 Å². The smallest absolute Gasteiger partial charge is 0.226 e. The van der Waals surface area contributed by atoms with E-state index < -0.39 is 10.0 Å². The summed E-state index contributed by atoms with van der Waals surface area (Å²) < 4.78 is 27.9. The van der Waals surface area contributed by atoms with E-state index in [1.807, 2.05) is 48.4 Å². The number of carbonyl (C=O) groups excluding carboxylic acids is 1. The van der Waals surface area contributed by atoms with Gasteiger partial charge in [-0.2, -0.15) is 0 Å². The van der Waals surface area contributed by atoms with Gasteiger partial charge in [0.25, 0.3) is 0 Å². The number of nitrogens with zero attached hydrogens (tertiary/aromatic N) is 2. The van der Waals surface area contributed by atoms with Gasteiger partial charge in [0.2, 0.25) is 15.9 Å². The third kappa shape index (κ3) is 5.22. The molecule has 1 aromatic heterocycles. The fourth-order valence-electron chi connectivity index (χ4n) is 4.45. The Morgan fingerprint density at radius 2 is 2.03 bits per heavy atom. The second-order valence-electron chi connectivity index (χ2n) is 8.38. The zero-order valence-corrected chi connectivity index (χ0v) is 18.7. The zero-order chi connectivity index (χ0) is 21.8. The van der Waals surface area contributed by atoms with Crippen LogP contribution in [0.1, 0.15) is 47.2 Å². The van der Waals surface area contributed by atoms with Crippen LogP contribution < -0.4 is 4.72 Å². The number of sulfonamides is 1. The monoisotopic (exact) mass is 439 g/mol. The molecule has 1 aliphatic carbocycles. The maximum absolute atomic E-state index is 12.9. The molecule has 1 atom stereocenters. The van der Waals surface area contributed by atoms with Crippen LogP contribution >= 0.6 is 0 Å². The van der Waals surface area contributed by atoms with Crippen LogP contribution in [0.15, 0.2) is 48.7 Å². The molecule has 0 radical (unpaired) electrons. The van der Waals surface area contributed by atoms with E-state index in [9.17, 15) is 13.2 Å². The molecule has 0 fully saturated rings. The van der Waals surface area contributed by atoms with Gasteiger partial charge < -0.3 is 4.90 Å². The minimum Gasteiger partial charge on any atom is -0.338 e. The molecule has 2 heterocycles. The average molecular weight is 440 g/mol. The van der Waals surface area contributed by atoms with E-state index in [4.69, 9.17) is 0 Å². The Morgan fingerprint density at radius 3 is 2.77 bits per heavy atom. The second kappa shape index (κ2) is 9.32. The number of hydrogen-bond acceptors (Lipinski definition) is 4. The number of allylic oxidation sites excluding steroid dienone is 2. The molecular weight excluding hydrogens is 410 g/mol. The van der Waals surface area contributed by atoms with Gasteiger partial charge in [0.05, 0.1) is 5.75 Å². The highest BCUT2D eigenvalue weighted by atomic mass is 32.2. The number of pyridine rings is 1. The van der Waals surface area contributed by atoms with Crippen LogP contribution in [0.5, 0.6) is 0 Å². The molecule has 0 saturated carbocycles. The highest BCUT2D eigenvalue weighted by Crippen LogP contribution is 2.27. The summed E-state index contributed by atoms with van der Waals surface area (Å²) in [6.45, 7) is 3.34. The van der Waals surface area contributed by atoms with E-state index in [0.717, 1.165) is 53.6 Å². The summed E-state index contributed by atoms with van der Waals surface area (Å²) in [6.07, 6.45) is 9.52. The lowest BCUT2D eigenvalue weighted by Gasteiger charge is -2.33. The lowest BCUT2D eigenvalue weighted by molar-refractivity contribution is -0.136. The number of carbonyl (C=O) groups is 1. The van der Waals surface area contributed by atoms with Crippen LogP contribution in [0.25, 0.3) is 0 Å². The van der Waals surface area contributed by atoms with Crippen LogP contribution in [0.4, 0.5) is 0 Å². The van der Waals surface area contributed by atoms with Crippen molar-refractivity contribution in [2.45, 2.75) is 51.4 Å². The van der Waals surface area contributed by atoms with Crippen LogP contribution in [-0.2, 0) is 40.1 Å². The Labute approximate surface area is 184 Å². The second-order valence-corrected chi connectivity index (χ2v) is 10.2. The van der Waals surface area contributed by atoms with Gasteiger partial charge >= 0.3 is 0 Å². The quantitative estimate of drug-likeness (QED) is 0.701. The number of amides is 1. The Bertz CT molecular complexity index is 1080. The topological polar surface area (TPSA) is 79.4 Å². The fourth-order valence-corrected chi connectivity index (χ4v) is 5.55. The average Bonchev–Trinajstić information content (AvgIpc) is 2.78. The molecule has 0 saturated heterocycles. The first-order valence-electron chi connectivity index (χ1n) is 10.8. The molecule has 2 aromatic rings. The van der Waals surface area contributed by atoms with Crippen molar-refractivity contribution >= 4 is 15.9 Å². The zero-order valence-electron chi connectivity index (χ0n) is 17.9. The van der Waals surface area contributed by atoms with Crippen molar-refractivity contribution in [1.82, 2.24) is 14.6 Å². The van der Waals surface area contributed by atoms with Gasteiger partial charge in [0.1, 0.15) is 0 Å². The molecule has 31 heavy (non-hydrogen) atoms. The van der Waals surface area contributed by atoms with Crippen LogP contribution in [0.2, 0.25) is 0 Å². The highest BCUT2D eigenvalue weighted by Gasteiger charge is 2.29. The minimum absolute atomic E-state index is 0.0482. The third-order valence-corrected chi connectivity index (χ3v) is 7.49. The summed E-state index contributed by atoms with van der Waals surface area (Å²) in [6, 6.07) is 9.16. The van der Waals surface area contributed by atoms with Gasteiger partial charge in [-0.3, -0.25) is 9.78 Å². The van der Waals surface area contributed by atoms with Crippen molar-refractivity contribution in [3.63, 3.8) is 0 Å². The Kier molecular flexibility index (Phi) is 6.53. The van der Waals surface area contributed by atoms with Crippen molar-refractivity contribution in [2.75, 3.05) is 6.54 Å². The number of aromatic nitrogens is 1. The van der Waals surface area contributed by atoms with E-state index in [0.29, 0.717) is 13.1 Å². The summed E-state index contributed by atoms with van der Waals surface area (Å²) in [5.74, 6) is 0.253. The lowest BCUT2D eigenvalue weighted by atomic mass is 9.90. The molecule has 7 heteroatoms. The summed E-state index contributed by atoms with van der Waals surface area (Å²) in [5.41, 5.74) is 4.67. The number of aryl methyl sites for hydroxylation is 1. The molecule has 1 amide bonds. The van der Waals surface area contributed by atoms with Gasteiger partial charge in [-0.25, -0.2) is 13.1 Å². The Morgan fingerprint density at radius 1 is 1.23 bits per heavy atom. The number of benzene rings is 1. The number of nitrogens with one attached hydrogen (secondary N) is 1. The molecule has 1 N–H and O–H groups in total. The molecule has 1 aliphatic heterocycles. The normalized spacial score (nSPS) is 18.6. The summed E-state index contributed by atoms with van der Waals surface area (Å²) in [5, 5.41) is 0. The third-order valence-electron chi connectivity index (χ3n) is 6.19. The molecule has 0 bridgehead atoms. The van der Waals surface area contributed by atoms with Gasteiger partial charge in [-0.15, -0.1) is 0 Å². The first-order chi connectivity index (χ1) is 14.9. The Hall–Kier alpha value is -2.51. The molecule has 0 unspecified atom stereocenters. The van der Waals surface area contributed by atoms with E-state index in [1.54, 1.807) is 0 Å². The van der Waals surface area contributed by atoms with E-state index in [-0.39, 0.29) is 24.1 Å². The van der Waals surface area contributed by atoms with Gasteiger partial charge in [0, 0.05) is 37.4 Å². The lowest BCUT2D eigenvalue weighted by Crippen LogP contribution is -2.40. The molecule has 2 aliphatic rings. The maximum Gasteiger partial charge on any atom is 0.226 e. The molecule has 6 nitrogen and oxygen atoms in total. The van der Waals surface area contributed by atoms with Crippen LogP contribution in [0, 0.1) is 12.8 Å². The Balaban J connectivity index is 1.46. The largest absolute Gasteiger partial charge is 0.338 e. The summed E-state index contributed by atoms with van der Waals surface area (Å²) in [4.78, 5) is 19.4. The predicted molar refractivity (Wildman–Crippen MR) is 120 cm³/mol. The minimum atomic E-state index is -3.46. The SMILES string of the molecule is Cc1ncc2c(c1CNS(=O)(=O)Cc1ccccc1)CCN(C(=O)[C@H]1CC=CCC1)C2. The van der Waals surface area contributed by atoms with E-state index in [2.05, 4.69) is 21.9 Å². The van der Waals surface area contributed by atoms with Gasteiger partial charge in [-0.05, 0) is 54.9 Å². The summed E-state index contributed by atoms with van der Waals surface area (Å²) in [7, 11) is -3.46.